The fourth-order valence-corrected chi connectivity index (χ4v) is 4.97. The Kier molecular flexibility index (Phi) is 6.71. The van der Waals surface area contributed by atoms with E-state index in [2.05, 4.69) is 0 Å². The zero-order chi connectivity index (χ0) is 27.9. The van der Waals surface area contributed by atoms with Crippen molar-refractivity contribution in [1.29, 1.82) is 0 Å². The zero-order valence-electron chi connectivity index (χ0n) is 21.2. The summed E-state index contributed by atoms with van der Waals surface area (Å²) < 4.78 is 55.0. The highest BCUT2D eigenvalue weighted by Gasteiger charge is 2.36. The summed E-state index contributed by atoms with van der Waals surface area (Å²) in [5.41, 5.74) is 0.800. The number of aromatic nitrogens is 1. The predicted molar refractivity (Wildman–Crippen MR) is 139 cm³/mol. The average molecular weight is 539 g/mol. The second-order valence-electron chi connectivity index (χ2n) is 9.40. The van der Waals surface area contributed by atoms with Crippen molar-refractivity contribution in [1.82, 2.24) is 4.57 Å². The van der Waals surface area contributed by atoms with Gasteiger partial charge in [0.1, 0.15) is 24.2 Å². The number of anilines is 1. The number of nitrogens with zero attached hydrogens (tertiary/aromatic N) is 2. The van der Waals surface area contributed by atoms with E-state index >= 15 is 0 Å². The molecular formula is C29H25F3N2O5. The maximum absolute atomic E-state index is 14.1. The smallest absolute Gasteiger partial charge is 0.419 e. The van der Waals surface area contributed by atoms with Crippen LogP contribution in [0.25, 0.3) is 10.9 Å². The number of para-hydroxylation sites is 3. The molecule has 0 fully saturated rings. The van der Waals surface area contributed by atoms with E-state index in [0.717, 1.165) is 17.8 Å². The molecule has 0 aliphatic carbocycles. The number of alkyl halides is 3. The maximum Gasteiger partial charge on any atom is 0.419 e. The first-order valence-electron chi connectivity index (χ1n) is 12.2. The second-order valence-corrected chi connectivity index (χ2v) is 9.40. The normalized spacial score (nSPS) is 15.1. The molecule has 0 bridgehead atoms. The van der Waals surface area contributed by atoms with Crippen LogP contribution in [0.15, 0.2) is 66.7 Å². The van der Waals surface area contributed by atoms with Crippen LogP contribution in [-0.4, -0.2) is 47.9 Å². The number of hydrogen-bond acceptors (Lipinski definition) is 5. The van der Waals surface area contributed by atoms with Gasteiger partial charge in [0.25, 0.3) is 5.91 Å². The zero-order valence-corrected chi connectivity index (χ0v) is 21.2. The number of carboxylic acid groups (broad SMARTS) is 1. The highest BCUT2D eigenvalue weighted by atomic mass is 19.4. The number of hydrogen-bond donors (Lipinski definition) is 1. The van der Waals surface area contributed by atoms with Gasteiger partial charge in [-0.2, -0.15) is 13.2 Å². The Bertz CT molecular complexity index is 1580. The Morgan fingerprint density at radius 2 is 1.79 bits per heavy atom. The molecule has 10 heteroatoms. The van der Waals surface area contributed by atoms with Crippen LogP contribution in [0.5, 0.6) is 11.5 Å². The third kappa shape index (κ3) is 5.01. The molecule has 1 aliphatic heterocycles. The second kappa shape index (κ2) is 10.0. The van der Waals surface area contributed by atoms with Crippen molar-refractivity contribution in [2.75, 3.05) is 25.1 Å². The SMILES string of the molecule is Cc1c(CC(=O)O)c2ccccc2n1C(=O)c1ccc(OC[C@@H]2CN(C)c3ccccc3O2)c(C(F)(F)F)c1. The lowest BCUT2D eigenvalue weighted by Crippen LogP contribution is -2.41. The van der Waals surface area contributed by atoms with Gasteiger partial charge < -0.3 is 19.5 Å². The standard InChI is InChI=1S/C29H25F3N2O5/c1-17-21(14-27(35)36)20-7-3-4-8-23(20)34(17)28(37)18-11-12-25(22(13-18)29(30,31)32)38-16-19-15-33(2)24-9-5-6-10-26(24)39-19/h3-13,19H,14-16H2,1-2H3,(H,35,36)/t19-/m0/s1. The molecule has 2 heterocycles. The number of benzene rings is 3. The van der Waals surface area contributed by atoms with Gasteiger partial charge in [0.2, 0.25) is 0 Å². The van der Waals surface area contributed by atoms with E-state index in [1.807, 2.05) is 30.1 Å². The van der Waals surface area contributed by atoms with Crippen LogP contribution in [-0.2, 0) is 17.4 Å². The van der Waals surface area contributed by atoms with E-state index in [0.29, 0.717) is 34.5 Å². The molecule has 1 aromatic heterocycles. The molecule has 4 aromatic rings. The van der Waals surface area contributed by atoms with E-state index in [1.54, 1.807) is 37.3 Å². The third-order valence-corrected chi connectivity index (χ3v) is 6.78. The van der Waals surface area contributed by atoms with Crippen LogP contribution in [0.1, 0.15) is 27.2 Å². The first-order chi connectivity index (χ1) is 18.5. The van der Waals surface area contributed by atoms with Gasteiger partial charge >= 0.3 is 12.1 Å². The Labute approximate surface area is 222 Å². The Hall–Kier alpha value is -4.47. The average Bonchev–Trinajstić information content (AvgIpc) is 3.17. The maximum atomic E-state index is 14.1. The molecule has 0 saturated carbocycles. The van der Waals surface area contributed by atoms with Crippen molar-refractivity contribution in [3.05, 3.63) is 89.1 Å². The Morgan fingerprint density at radius 1 is 1.08 bits per heavy atom. The summed E-state index contributed by atoms with van der Waals surface area (Å²) in [4.78, 5) is 26.9. The molecule has 7 nitrogen and oxygen atoms in total. The van der Waals surface area contributed by atoms with Gasteiger partial charge in [-0.25, -0.2) is 0 Å². The van der Waals surface area contributed by atoms with Crippen molar-refractivity contribution in [3.8, 4) is 11.5 Å². The summed E-state index contributed by atoms with van der Waals surface area (Å²) >= 11 is 0. The highest BCUT2D eigenvalue weighted by molar-refractivity contribution is 6.04. The van der Waals surface area contributed by atoms with Gasteiger partial charge in [0, 0.05) is 23.7 Å². The first kappa shape index (κ1) is 26.1. The van der Waals surface area contributed by atoms with Gasteiger partial charge in [-0.3, -0.25) is 14.2 Å². The summed E-state index contributed by atoms with van der Waals surface area (Å²) in [5, 5.41) is 9.89. The van der Waals surface area contributed by atoms with E-state index in [4.69, 9.17) is 9.47 Å². The number of ether oxygens (including phenoxy) is 2. The molecule has 0 unspecified atom stereocenters. The monoisotopic (exact) mass is 538 g/mol. The highest BCUT2D eigenvalue weighted by Crippen LogP contribution is 2.38. The molecule has 3 aromatic carbocycles. The van der Waals surface area contributed by atoms with Crippen molar-refractivity contribution < 1.29 is 37.3 Å². The first-order valence-corrected chi connectivity index (χ1v) is 12.2. The molecule has 1 N–H and O–H groups in total. The van der Waals surface area contributed by atoms with E-state index in [1.165, 1.54) is 10.6 Å². The number of carbonyl (C=O) groups excluding carboxylic acids is 1. The van der Waals surface area contributed by atoms with Crippen LogP contribution in [0, 0.1) is 6.92 Å². The largest absolute Gasteiger partial charge is 0.489 e. The number of halogens is 3. The number of rotatable bonds is 6. The van der Waals surface area contributed by atoms with E-state index < -0.39 is 35.5 Å². The summed E-state index contributed by atoms with van der Waals surface area (Å²) in [6.45, 7) is 1.88. The van der Waals surface area contributed by atoms with Crippen LogP contribution in [0.2, 0.25) is 0 Å². The molecule has 1 aliphatic rings. The van der Waals surface area contributed by atoms with Crippen LogP contribution in [0.4, 0.5) is 18.9 Å². The van der Waals surface area contributed by atoms with Crippen LogP contribution < -0.4 is 14.4 Å². The van der Waals surface area contributed by atoms with Gasteiger partial charge in [-0.1, -0.05) is 30.3 Å². The topological polar surface area (TPSA) is 81.0 Å². The Morgan fingerprint density at radius 3 is 2.54 bits per heavy atom. The predicted octanol–water partition coefficient (Wildman–Crippen LogP) is 5.56. The molecular weight excluding hydrogens is 513 g/mol. The van der Waals surface area contributed by atoms with E-state index in [9.17, 15) is 27.9 Å². The van der Waals surface area contributed by atoms with Gasteiger partial charge in [0.15, 0.2) is 0 Å². The van der Waals surface area contributed by atoms with Crippen LogP contribution >= 0.6 is 0 Å². The number of carboxylic acids is 1. The van der Waals surface area contributed by atoms with Crippen molar-refractivity contribution in [2.24, 2.45) is 0 Å². The molecule has 0 saturated heterocycles. The van der Waals surface area contributed by atoms with Crippen molar-refractivity contribution in [2.45, 2.75) is 25.6 Å². The fourth-order valence-electron chi connectivity index (χ4n) is 4.97. The third-order valence-electron chi connectivity index (χ3n) is 6.78. The van der Waals surface area contributed by atoms with Gasteiger partial charge in [-0.15, -0.1) is 0 Å². The lowest BCUT2D eigenvalue weighted by atomic mass is 10.1. The summed E-state index contributed by atoms with van der Waals surface area (Å²) in [6, 6.07) is 17.3. The molecule has 39 heavy (non-hydrogen) atoms. The summed E-state index contributed by atoms with van der Waals surface area (Å²) in [7, 11) is 1.87. The number of fused-ring (bicyclic) bond motifs is 2. The lowest BCUT2D eigenvalue weighted by Gasteiger charge is -2.33. The quantitative estimate of drug-likeness (QED) is 0.346. The number of aliphatic carboxylic acids is 1. The minimum atomic E-state index is -4.79. The molecule has 0 radical (unpaired) electrons. The summed E-state index contributed by atoms with van der Waals surface area (Å²) in [5.74, 6) is -1.57. The van der Waals surface area contributed by atoms with E-state index in [-0.39, 0.29) is 18.6 Å². The minimum Gasteiger partial charge on any atom is -0.489 e. The molecule has 202 valence electrons. The minimum absolute atomic E-state index is 0.130. The molecule has 5 rings (SSSR count). The Balaban J connectivity index is 1.45. The fraction of sp³-hybridized carbons (Fsp3) is 0.241. The van der Waals surface area contributed by atoms with Crippen molar-refractivity contribution >= 4 is 28.5 Å². The summed E-state index contributed by atoms with van der Waals surface area (Å²) in [6.07, 6.45) is -5.62. The molecule has 0 amide bonds. The lowest BCUT2D eigenvalue weighted by molar-refractivity contribution is -0.139. The molecule has 1 atom stereocenters. The van der Waals surface area contributed by atoms with Crippen molar-refractivity contribution in [3.63, 3.8) is 0 Å². The van der Waals surface area contributed by atoms with Gasteiger partial charge in [0.05, 0.1) is 29.7 Å². The number of carbonyl (C=O) groups is 2. The van der Waals surface area contributed by atoms with Crippen LogP contribution in [0.3, 0.4) is 0 Å². The molecule has 0 spiro atoms. The van der Waals surface area contributed by atoms with Gasteiger partial charge in [-0.05, 0) is 48.9 Å². The number of likely N-dealkylation sites (N-methyl/N-ethyl adjacent to an activating group) is 1.